The summed E-state index contributed by atoms with van der Waals surface area (Å²) >= 11 is 1.58. The lowest BCUT2D eigenvalue weighted by Crippen LogP contribution is -2.37. The van der Waals surface area contributed by atoms with Gasteiger partial charge < -0.3 is 14.8 Å². The zero-order valence-corrected chi connectivity index (χ0v) is 18.0. The molecule has 1 aromatic heterocycles. The highest BCUT2D eigenvalue weighted by molar-refractivity contribution is 7.10. The second-order valence-corrected chi connectivity index (χ2v) is 8.48. The Bertz CT molecular complexity index is 983. The minimum absolute atomic E-state index is 0.0232. The van der Waals surface area contributed by atoms with Gasteiger partial charge >= 0.3 is 0 Å². The average molecular weight is 441 g/mol. The smallest absolute Gasteiger partial charge is 0.258 e. The van der Waals surface area contributed by atoms with Crippen LogP contribution in [0.3, 0.4) is 0 Å². The molecule has 0 saturated carbocycles. The summed E-state index contributed by atoms with van der Waals surface area (Å²) in [5.41, 5.74) is 2.89. The number of carbonyl (C=O) groups excluding carboxylic acids is 1. The first-order valence-corrected chi connectivity index (χ1v) is 11.3. The molecule has 31 heavy (non-hydrogen) atoms. The predicted octanol–water partition coefficient (Wildman–Crippen LogP) is 4.60. The summed E-state index contributed by atoms with van der Waals surface area (Å²) in [6, 6.07) is 14.0. The molecule has 7 heteroatoms. The summed E-state index contributed by atoms with van der Waals surface area (Å²) in [5, 5.41) is 5.85. The van der Waals surface area contributed by atoms with Crippen molar-refractivity contribution in [3.8, 4) is 17.0 Å². The standard InChI is InChI=1S/C24H25FN2O3S/c25-19-8-4-17(5-9-19)13-24-27-22(16-31-24)18-6-10-20(11-7-18)30-15-23(28)26-14-21-3-1-2-12-29-21/h4-11,16,21H,1-3,12-15H2,(H,26,28). The van der Waals surface area contributed by atoms with Crippen molar-refractivity contribution in [1.29, 1.82) is 0 Å². The molecule has 0 bridgehead atoms. The maximum atomic E-state index is 13.0. The van der Waals surface area contributed by atoms with E-state index in [0.717, 1.165) is 47.7 Å². The van der Waals surface area contributed by atoms with Crippen LogP contribution in [0.25, 0.3) is 11.3 Å². The Hall–Kier alpha value is -2.77. The number of ether oxygens (including phenoxy) is 2. The van der Waals surface area contributed by atoms with E-state index in [1.807, 2.05) is 29.6 Å². The van der Waals surface area contributed by atoms with Crippen LogP contribution in [0, 0.1) is 5.82 Å². The van der Waals surface area contributed by atoms with Gasteiger partial charge in [-0.1, -0.05) is 12.1 Å². The number of hydrogen-bond acceptors (Lipinski definition) is 5. The number of rotatable bonds is 8. The second kappa shape index (κ2) is 10.5. The van der Waals surface area contributed by atoms with Gasteiger partial charge in [-0.25, -0.2) is 9.37 Å². The van der Waals surface area contributed by atoms with E-state index >= 15 is 0 Å². The van der Waals surface area contributed by atoms with Gasteiger partial charge in [0.2, 0.25) is 0 Å². The summed E-state index contributed by atoms with van der Waals surface area (Å²) in [6.45, 7) is 1.28. The van der Waals surface area contributed by atoms with Gasteiger partial charge in [-0.15, -0.1) is 11.3 Å². The number of nitrogens with zero attached hydrogens (tertiary/aromatic N) is 1. The zero-order chi connectivity index (χ0) is 21.5. The van der Waals surface area contributed by atoms with Crippen LogP contribution in [0.1, 0.15) is 29.8 Å². The highest BCUT2D eigenvalue weighted by atomic mass is 32.1. The Morgan fingerprint density at radius 1 is 1.16 bits per heavy atom. The maximum absolute atomic E-state index is 13.0. The SMILES string of the molecule is O=C(COc1ccc(-c2csc(Cc3ccc(F)cc3)n2)cc1)NCC1CCCCO1. The first kappa shape index (κ1) is 21.5. The van der Waals surface area contributed by atoms with Gasteiger partial charge in [-0.3, -0.25) is 4.79 Å². The Kier molecular flexibility index (Phi) is 7.27. The highest BCUT2D eigenvalue weighted by Crippen LogP contribution is 2.25. The molecule has 5 nitrogen and oxygen atoms in total. The van der Waals surface area contributed by atoms with Crippen molar-refractivity contribution in [2.75, 3.05) is 19.8 Å². The summed E-state index contributed by atoms with van der Waals surface area (Å²) in [7, 11) is 0. The average Bonchev–Trinajstić information content (AvgIpc) is 3.27. The molecule has 1 saturated heterocycles. The Balaban J connectivity index is 1.25. The fourth-order valence-corrected chi connectivity index (χ4v) is 4.26. The first-order chi connectivity index (χ1) is 15.2. The van der Waals surface area contributed by atoms with E-state index in [4.69, 9.17) is 9.47 Å². The number of nitrogens with one attached hydrogen (secondary N) is 1. The number of amides is 1. The van der Waals surface area contributed by atoms with Gasteiger partial charge in [0.25, 0.3) is 5.91 Å². The molecular weight excluding hydrogens is 415 g/mol. The van der Waals surface area contributed by atoms with Crippen LogP contribution >= 0.6 is 11.3 Å². The zero-order valence-electron chi connectivity index (χ0n) is 17.2. The minimum atomic E-state index is -0.235. The molecule has 162 valence electrons. The number of halogens is 1. The fourth-order valence-electron chi connectivity index (χ4n) is 3.42. The van der Waals surface area contributed by atoms with Crippen LogP contribution in [-0.2, 0) is 16.0 Å². The fraction of sp³-hybridized carbons (Fsp3) is 0.333. The van der Waals surface area contributed by atoms with Gasteiger partial charge in [-0.2, -0.15) is 0 Å². The van der Waals surface area contributed by atoms with E-state index in [9.17, 15) is 9.18 Å². The lowest BCUT2D eigenvalue weighted by Gasteiger charge is -2.22. The number of aromatic nitrogens is 1. The third-order valence-corrected chi connectivity index (χ3v) is 5.99. The number of carbonyl (C=O) groups is 1. The topological polar surface area (TPSA) is 60.5 Å². The molecule has 0 spiro atoms. The van der Waals surface area contributed by atoms with Gasteiger partial charge in [0.1, 0.15) is 11.6 Å². The summed E-state index contributed by atoms with van der Waals surface area (Å²) in [4.78, 5) is 16.7. The molecule has 1 atom stereocenters. The van der Waals surface area contributed by atoms with Crippen LogP contribution in [0.5, 0.6) is 5.75 Å². The summed E-state index contributed by atoms with van der Waals surface area (Å²) in [6.07, 6.45) is 4.02. The summed E-state index contributed by atoms with van der Waals surface area (Å²) in [5.74, 6) is 0.249. The van der Waals surface area contributed by atoms with Crippen LogP contribution in [0.4, 0.5) is 4.39 Å². The maximum Gasteiger partial charge on any atom is 0.258 e. The minimum Gasteiger partial charge on any atom is -0.484 e. The summed E-state index contributed by atoms with van der Waals surface area (Å²) < 4.78 is 24.2. The van der Waals surface area contributed by atoms with E-state index in [-0.39, 0.29) is 24.4 Å². The molecule has 3 aromatic rings. The van der Waals surface area contributed by atoms with Crippen molar-refractivity contribution < 1.29 is 18.7 Å². The third kappa shape index (κ3) is 6.35. The Morgan fingerprint density at radius 2 is 1.97 bits per heavy atom. The molecule has 2 heterocycles. The second-order valence-electron chi connectivity index (χ2n) is 7.54. The molecule has 1 aliphatic rings. The lowest BCUT2D eigenvalue weighted by atomic mass is 10.1. The van der Waals surface area contributed by atoms with Gasteiger partial charge in [-0.05, 0) is 61.2 Å². The van der Waals surface area contributed by atoms with Crippen LogP contribution in [-0.4, -0.2) is 36.8 Å². The molecule has 1 amide bonds. The van der Waals surface area contributed by atoms with Crippen molar-refractivity contribution in [2.24, 2.45) is 0 Å². The van der Waals surface area contributed by atoms with E-state index < -0.39 is 0 Å². The van der Waals surface area contributed by atoms with Crippen molar-refractivity contribution in [3.63, 3.8) is 0 Å². The molecule has 0 radical (unpaired) electrons. The van der Waals surface area contributed by atoms with E-state index in [1.165, 1.54) is 12.1 Å². The number of hydrogen-bond donors (Lipinski definition) is 1. The van der Waals surface area contributed by atoms with E-state index in [2.05, 4.69) is 10.3 Å². The van der Waals surface area contributed by atoms with Crippen LogP contribution in [0.15, 0.2) is 53.9 Å². The molecule has 1 N–H and O–H groups in total. The Morgan fingerprint density at radius 3 is 2.71 bits per heavy atom. The number of thiazole rings is 1. The normalized spacial score (nSPS) is 16.1. The monoisotopic (exact) mass is 440 g/mol. The van der Waals surface area contributed by atoms with Crippen molar-refractivity contribution in [3.05, 3.63) is 70.3 Å². The molecule has 1 unspecified atom stereocenters. The van der Waals surface area contributed by atoms with Gasteiger partial charge in [0.05, 0.1) is 16.8 Å². The number of benzene rings is 2. The van der Waals surface area contributed by atoms with Crippen molar-refractivity contribution in [2.45, 2.75) is 31.8 Å². The van der Waals surface area contributed by atoms with Crippen molar-refractivity contribution in [1.82, 2.24) is 10.3 Å². The lowest BCUT2D eigenvalue weighted by molar-refractivity contribution is -0.124. The van der Waals surface area contributed by atoms with Crippen LogP contribution < -0.4 is 10.1 Å². The molecular formula is C24H25FN2O3S. The highest BCUT2D eigenvalue weighted by Gasteiger charge is 2.15. The Labute approximate surface area is 185 Å². The first-order valence-electron chi connectivity index (χ1n) is 10.5. The van der Waals surface area contributed by atoms with E-state index in [0.29, 0.717) is 18.7 Å². The third-order valence-electron chi connectivity index (χ3n) is 5.14. The molecule has 1 aliphatic heterocycles. The van der Waals surface area contributed by atoms with Gasteiger partial charge in [0.15, 0.2) is 6.61 Å². The quantitative estimate of drug-likeness (QED) is 0.556. The van der Waals surface area contributed by atoms with Gasteiger partial charge in [0, 0.05) is 30.5 Å². The molecule has 1 fully saturated rings. The predicted molar refractivity (Wildman–Crippen MR) is 119 cm³/mol. The molecule has 0 aliphatic carbocycles. The molecule has 2 aromatic carbocycles. The van der Waals surface area contributed by atoms with Crippen molar-refractivity contribution >= 4 is 17.2 Å². The van der Waals surface area contributed by atoms with Crippen LogP contribution in [0.2, 0.25) is 0 Å². The molecule has 4 rings (SSSR count). The van der Waals surface area contributed by atoms with E-state index in [1.54, 1.807) is 23.5 Å². The largest absolute Gasteiger partial charge is 0.484 e.